The van der Waals surface area contributed by atoms with Gasteiger partial charge in [-0.15, -0.1) is 10.2 Å². The van der Waals surface area contributed by atoms with E-state index in [0.29, 0.717) is 0 Å². The van der Waals surface area contributed by atoms with E-state index in [2.05, 4.69) is 37.1 Å². The van der Waals surface area contributed by atoms with Crippen LogP contribution < -0.4 is 4.90 Å². The van der Waals surface area contributed by atoms with Crippen molar-refractivity contribution in [1.82, 2.24) is 34.5 Å². The normalized spacial score (nSPS) is 16.5. The molecular weight excluding hydrogens is 304 g/mol. The smallest absolute Gasteiger partial charge is 0.224 e. The molecule has 3 aromatic heterocycles. The van der Waals surface area contributed by atoms with Gasteiger partial charge in [0.15, 0.2) is 11.6 Å². The predicted octanol–water partition coefficient (Wildman–Crippen LogP) is 2.05. The highest BCUT2D eigenvalue weighted by molar-refractivity contribution is 6.28. The second-order valence-corrected chi connectivity index (χ2v) is 5.41. The number of halogens is 1. The van der Waals surface area contributed by atoms with E-state index in [1.165, 1.54) is 0 Å². The molecule has 8 nitrogen and oxygen atoms in total. The molecule has 0 aromatic carbocycles. The summed E-state index contributed by atoms with van der Waals surface area (Å²) in [4.78, 5) is 10.6. The number of hydrogen-bond donors (Lipinski definition) is 0. The van der Waals surface area contributed by atoms with Gasteiger partial charge >= 0.3 is 0 Å². The summed E-state index contributed by atoms with van der Waals surface area (Å²) in [5, 5.41) is 12.8. The monoisotopic (exact) mass is 316 g/mol. The van der Waals surface area contributed by atoms with Crippen LogP contribution in [-0.2, 0) is 7.05 Å². The van der Waals surface area contributed by atoms with Crippen LogP contribution in [0.5, 0.6) is 0 Å². The van der Waals surface area contributed by atoms with Crippen LogP contribution in [0.2, 0.25) is 5.28 Å². The fourth-order valence-corrected chi connectivity index (χ4v) is 2.94. The molecule has 1 atom stereocenters. The third-order valence-corrected chi connectivity index (χ3v) is 3.93. The maximum Gasteiger partial charge on any atom is 0.224 e. The summed E-state index contributed by atoms with van der Waals surface area (Å²) in [6.45, 7) is 2.10. The molecule has 22 heavy (non-hydrogen) atoms. The summed E-state index contributed by atoms with van der Waals surface area (Å²) in [6.07, 6.45) is 7.94. The van der Waals surface area contributed by atoms with Gasteiger partial charge in [-0.25, -0.2) is 4.98 Å². The highest BCUT2D eigenvalue weighted by Crippen LogP contribution is 2.42. The Bertz CT molecular complexity index is 838. The van der Waals surface area contributed by atoms with Crippen molar-refractivity contribution in [2.45, 2.75) is 19.4 Å². The third-order valence-electron chi connectivity index (χ3n) is 3.75. The third kappa shape index (κ3) is 1.80. The predicted molar refractivity (Wildman–Crippen MR) is 80.3 cm³/mol. The van der Waals surface area contributed by atoms with Crippen LogP contribution in [-0.4, -0.2) is 34.5 Å². The molecule has 9 heteroatoms. The van der Waals surface area contributed by atoms with Gasteiger partial charge in [0.2, 0.25) is 5.28 Å². The van der Waals surface area contributed by atoms with Gasteiger partial charge in [0.05, 0.1) is 24.1 Å². The van der Waals surface area contributed by atoms with E-state index in [1.807, 2.05) is 17.8 Å². The Balaban J connectivity index is 1.99. The van der Waals surface area contributed by atoms with E-state index >= 15 is 0 Å². The number of nitrogens with zero attached hydrogens (tertiary/aromatic N) is 8. The minimum absolute atomic E-state index is 0.00478. The SMILES string of the molecule is CCC1c2nncn2-c2cnc(Cl)nc2N1c1cnn(C)c1. The Morgan fingerprint density at radius 1 is 1.32 bits per heavy atom. The largest absolute Gasteiger partial charge is 0.311 e. The Labute approximate surface area is 131 Å². The van der Waals surface area contributed by atoms with Crippen molar-refractivity contribution in [3.8, 4) is 5.69 Å². The molecule has 0 fully saturated rings. The number of rotatable bonds is 2. The van der Waals surface area contributed by atoms with Crippen LogP contribution in [0.1, 0.15) is 25.2 Å². The zero-order valence-electron chi connectivity index (χ0n) is 12.0. The van der Waals surface area contributed by atoms with E-state index < -0.39 is 0 Å². The van der Waals surface area contributed by atoms with Gasteiger partial charge in [-0.3, -0.25) is 9.25 Å². The average Bonchev–Trinajstić information content (AvgIpc) is 3.14. The van der Waals surface area contributed by atoms with Crippen molar-refractivity contribution < 1.29 is 0 Å². The summed E-state index contributed by atoms with van der Waals surface area (Å²) in [5.41, 5.74) is 1.73. The van der Waals surface area contributed by atoms with Gasteiger partial charge in [-0.1, -0.05) is 6.92 Å². The second-order valence-electron chi connectivity index (χ2n) is 5.07. The zero-order chi connectivity index (χ0) is 15.3. The minimum atomic E-state index is 0.00478. The Kier molecular flexibility index (Phi) is 2.86. The zero-order valence-corrected chi connectivity index (χ0v) is 12.8. The Hall–Kier alpha value is -2.48. The van der Waals surface area contributed by atoms with Crippen molar-refractivity contribution >= 4 is 23.1 Å². The van der Waals surface area contributed by atoms with Crippen LogP contribution in [0.4, 0.5) is 11.5 Å². The first-order chi connectivity index (χ1) is 10.7. The molecule has 0 saturated carbocycles. The van der Waals surface area contributed by atoms with E-state index in [-0.39, 0.29) is 11.3 Å². The first kappa shape index (κ1) is 13.2. The van der Waals surface area contributed by atoms with Crippen molar-refractivity contribution in [2.75, 3.05) is 4.90 Å². The summed E-state index contributed by atoms with van der Waals surface area (Å²) in [5.74, 6) is 1.58. The fourth-order valence-electron chi connectivity index (χ4n) is 2.81. The van der Waals surface area contributed by atoms with Gasteiger partial charge in [0, 0.05) is 13.2 Å². The molecule has 0 amide bonds. The molecule has 1 aliphatic heterocycles. The standard InChI is InChI=1S/C13H13ClN8/c1-3-9-12-19-16-7-21(12)10-5-15-13(14)18-11(10)22(9)8-4-17-20(2)6-8/h4-7,9H,3H2,1-2H3. The number of aryl methyl sites for hydroxylation is 1. The van der Waals surface area contributed by atoms with E-state index in [0.717, 1.165) is 29.4 Å². The summed E-state index contributed by atoms with van der Waals surface area (Å²) < 4.78 is 3.66. The van der Waals surface area contributed by atoms with Gasteiger partial charge in [0.25, 0.3) is 0 Å². The average molecular weight is 317 g/mol. The Morgan fingerprint density at radius 3 is 2.91 bits per heavy atom. The quantitative estimate of drug-likeness (QED) is 0.673. The summed E-state index contributed by atoms with van der Waals surface area (Å²) >= 11 is 6.02. The first-order valence-electron chi connectivity index (χ1n) is 6.89. The van der Waals surface area contributed by atoms with Crippen LogP contribution in [0, 0.1) is 0 Å². The lowest BCUT2D eigenvalue weighted by Gasteiger charge is -2.35. The highest BCUT2D eigenvalue weighted by Gasteiger charge is 2.35. The first-order valence-corrected chi connectivity index (χ1v) is 7.27. The van der Waals surface area contributed by atoms with E-state index in [4.69, 9.17) is 11.6 Å². The van der Waals surface area contributed by atoms with Crippen molar-refractivity contribution in [1.29, 1.82) is 0 Å². The topological polar surface area (TPSA) is 77.6 Å². The lowest BCUT2D eigenvalue weighted by molar-refractivity contribution is 0.589. The Morgan fingerprint density at radius 2 is 2.18 bits per heavy atom. The number of anilines is 2. The van der Waals surface area contributed by atoms with Gasteiger partial charge < -0.3 is 4.90 Å². The molecule has 4 heterocycles. The molecular formula is C13H13ClN8. The van der Waals surface area contributed by atoms with Crippen LogP contribution in [0.3, 0.4) is 0 Å². The molecule has 112 valence electrons. The van der Waals surface area contributed by atoms with Gasteiger partial charge in [0.1, 0.15) is 12.0 Å². The van der Waals surface area contributed by atoms with E-state index in [1.54, 1.807) is 23.4 Å². The number of fused-ring (bicyclic) bond motifs is 3. The van der Waals surface area contributed by atoms with Crippen molar-refractivity contribution in [3.63, 3.8) is 0 Å². The van der Waals surface area contributed by atoms with Crippen molar-refractivity contribution in [2.24, 2.45) is 7.05 Å². The molecule has 1 unspecified atom stereocenters. The number of hydrogen-bond acceptors (Lipinski definition) is 6. The van der Waals surface area contributed by atoms with E-state index in [9.17, 15) is 0 Å². The summed E-state index contributed by atoms with van der Waals surface area (Å²) in [6, 6.07) is 0.00478. The number of aromatic nitrogens is 7. The van der Waals surface area contributed by atoms with Gasteiger partial charge in [-0.05, 0) is 18.0 Å². The molecule has 3 aromatic rings. The van der Waals surface area contributed by atoms with Crippen molar-refractivity contribution in [3.05, 3.63) is 36.0 Å². The lowest BCUT2D eigenvalue weighted by Crippen LogP contribution is -2.32. The van der Waals surface area contributed by atoms with Crippen LogP contribution >= 0.6 is 11.6 Å². The lowest BCUT2D eigenvalue weighted by atomic mass is 10.1. The fraction of sp³-hybridized carbons (Fsp3) is 0.308. The molecule has 0 spiro atoms. The van der Waals surface area contributed by atoms with Crippen LogP contribution in [0.25, 0.3) is 5.69 Å². The maximum absolute atomic E-state index is 6.02. The molecule has 0 N–H and O–H groups in total. The second kappa shape index (κ2) is 4.77. The molecule has 4 rings (SSSR count). The maximum atomic E-state index is 6.02. The summed E-state index contributed by atoms with van der Waals surface area (Å²) in [7, 11) is 1.88. The molecule has 0 saturated heterocycles. The molecule has 1 aliphatic rings. The molecule has 0 aliphatic carbocycles. The van der Waals surface area contributed by atoms with Gasteiger partial charge in [-0.2, -0.15) is 10.1 Å². The van der Waals surface area contributed by atoms with Crippen LogP contribution in [0.15, 0.2) is 24.9 Å². The highest BCUT2D eigenvalue weighted by atomic mass is 35.5. The molecule has 0 radical (unpaired) electrons. The molecule has 0 bridgehead atoms. The minimum Gasteiger partial charge on any atom is -0.311 e.